The van der Waals surface area contributed by atoms with Crippen LogP contribution in [0, 0.1) is 11.7 Å². The van der Waals surface area contributed by atoms with Crippen LogP contribution in [0.2, 0.25) is 0 Å². The fourth-order valence-corrected chi connectivity index (χ4v) is 1.55. The summed E-state index contributed by atoms with van der Waals surface area (Å²) in [5.74, 6) is -0.371. The van der Waals surface area contributed by atoms with Crippen LogP contribution in [0.5, 0.6) is 0 Å². The van der Waals surface area contributed by atoms with Crippen molar-refractivity contribution in [2.45, 2.75) is 33.1 Å². The first-order valence-corrected chi connectivity index (χ1v) is 5.90. The highest BCUT2D eigenvalue weighted by Gasteiger charge is 2.15. The summed E-state index contributed by atoms with van der Waals surface area (Å²) in [4.78, 5) is 11.5. The minimum Gasteiger partial charge on any atom is -0.465 e. The van der Waals surface area contributed by atoms with Gasteiger partial charge in [-0.2, -0.15) is 0 Å². The Balaban J connectivity index is 2.52. The van der Waals surface area contributed by atoms with Crippen LogP contribution in [0.1, 0.15) is 38.7 Å². The predicted molar refractivity (Wildman–Crippen MR) is 65.2 cm³/mol. The third-order valence-electron chi connectivity index (χ3n) is 2.49. The second-order valence-electron chi connectivity index (χ2n) is 4.70. The molecule has 94 valence electrons. The zero-order valence-electron chi connectivity index (χ0n) is 10.6. The van der Waals surface area contributed by atoms with E-state index in [0.717, 1.165) is 0 Å². The summed E-state index contributed by atoms with van der Waals surface area (Å²) in [7, 11) is 0. The van der Waals surface area contributed by atoms with Gasteiger partial charge in [-0.3, -0.25) is 4.79 Å². The molecular weight excluding hydrogens is 219 g/mol. The van der Waals surface area contributed by atoms with Gasteiger partial charge in [-0.05, 0) is 23.5 Å². The quantitative estimate of drug-likeness (QED) is 0.734. The Morgan fingerprint density at radius 1 is 1.29 bits per heavy atom. The van der Waals surface area contributed by atoms with Crippen molar-refractivity contribution >= 4 is 5.97 Å². The average molecular weight is 238 g/mol. The number of carbonyl (C=O) groups is 1. The van der Waals surface area contributed by atoms with E-state index in [1.165, 1.54) is 6.07 Å². The van der Waals surface area contributed by atoms with Crippen LogP contribution in [0.3, 0.4) is 0 Å². The molecule has 1 aromatic carbocycles. The average Bonchev–Trinajstić information content (AvgIpc) is 2.26. The maximum absolute atomic E-state index is 13.5. The zero-order chi connectivity index (χ0) is 12.8. The Hall–Kier alpha value is -1.38. The molecule has 1 unspecified atom stereocenters. The van der Waals surface area contributed by atoms with Gasteiger partial charge in [-0.1, -0.05) is 39.0 Å². The number of carbonyl (C=O) groups excluding carboxylic acids is 1. The fourth-order valence-electron chi connectivity index (χ4n) is 1.55. The summed E-state index contributed by atoms with van der Waals surface area (Å²) in [5.41, 5.74) is 0.564. The summed E-state index contributed by atoms with van der Waals surface area (Å²) < 4.78 is 18.5. The summed E-state index contributed by atoms with van der Waals surface area (Å²) in [6.07, 6.45) is 0.216. The van der Waals surface area contributed by atoms with Crippen LogP contribution in [0.15, 0.2) is 24.3 Å². The first-order chi connectivity index (χ1) is 8.00. The summed E-state index contributed by atoms with van der Waals surface area (Å²) in [6.45, 7) is 6.21. The highest BCUT2D eigenvalue weighted by atomic mass is 19.1. The van der Waals surface area contributed by atoms with Crippen molar-refractivity contribution in [2.24, 2.45) is 5.92 Å². The zero-order valence-corrected chi connectivity index (χ0v) is 10.6. The van der Waals surface area contributed by atoms with Gasteiger partial charge in [0.25, 0.3) is 0 Å². The van der Waals surface area contributed by atoms with Gasteiger partial charge < -0.3 is 4.74 Å². The highest BCUT2D eigenvalue weighted by Crippen LogP contribution is 2.22. The maximum Gasteiger partial charge on any atom is 0.306 e. The Labute approximate surface area is 102 Å². The second-order valence-corrected chi connectivity index (χ2v) is 4.70. The van der Waals surface area contributed by atoms with E-state index in [-0.39, 0.29) is 24.1 Å². The van der Waals surface area contributed by atoms with Gasteiger partial charge in [0.15, 0.2) is 0 Å². The summed E-state index contributed by atoms with van der Waals surface area (Å²) >= 11 is 0. The number of benzene rings is 1. The largest absolute Gasteiger partial charge is 0.465 e. The molecule has 0 fully saturated rings. The lowest BCUT2D eigenvalue weighted by atomic mass is 9.97. The molecular formula is C14H19FO2. The minimum absolute atomic E-state index is 0.157. The van der Waals surface area contributed by atoms with E-state index in [9.17, 15) is 9.18 Å². The predicted octanol–water partition coefficient (Wildman–Crippen LogP) is 3.52. The van der Waals surface area contributed by atoms with Crippen LogP contribution in [0.25, 0.3) is 0 Å². The molecule has 17 heavy (non-hydrogen) atoms. The molecule has 0 N–H and O–H groups in total. The van der Waals surface area contributed by atoms with Crippen molar-refractivity contribution in [3.8, 4) is 0 Å². The molecule has 2 nitrogen and oxygen atoms in total. The number of halogens is 1. The molecule has 1 atom stereocenters. The van der Waals surface area contributed by atoms with Crippen molar-refractivity contribution in [2.75, 3.05) is 6.61 Å². The Bertz CT molecular complexity index is 374. The molecule has 0 amide bonds. The van der Waals surface area contributed by atoms with Gasteiger partial charge in [-0.15, -0.1) is 0 Å². The van der Waals surface area contributed by atoms with Gasteiger partial charge in [0.1, 0.15) is 5.82 Å². The number of hydrogen-bond acceptors (Lipinski definition) is 2. The normalized spacial score (nSPS) is 12.5. The molecule has 0 aliphatic heterocycles. The highest BCUT2D eigenvalue weighted by molar-refractivity contribution is 5.70. The van der Waals surface area contributed by atoms with Crippen molar-refractivity contribution in [3.05, 3.63) is 35.6 Å². The molecule has 1 aromatic rings. The van der Waals surface area contributed by atoms with Crippen molar-refractivity contribution in [1.29, 1.82) is 0 Å². The van der Waals surface area contributed by atoms with E-state index in [4.69, 9.17) is 4.74 Å². The number of esters is 1. The van der Waals surface area contributed by atoms with Gasteiger partial charge in [-0.25, -0.2) is 4.39 Å². The minimum atomic E-state index is -0.269. The third kappa shape index (κ3) is 4.55. The summed E-state index contributed by atoms with van der Waals surface area (Å²) in [5, 5.41) is 0. The van der Waals surface area contributed by atoms with Gasteiger partial charge in [0.05, 0.1) is 13.0 Å². The van der Waals surface area contributed by atoms with E-state index >= 15 is 0 Å². The van der Waals surface area contributed by atoms with Crippen LogP contribution >= 0.6 is 0 Å². The lowest BCUT2D eigenvalue weighted by Crippen LogP contribution is -2.12. The third-order valence-corrected chi connectivity index (χ3v) is 2.49. The first-order valence-electron chi connectivity index (χ1n) is 5.90. The molecule has 0 aromatic heterocycles. The SMILES string of the molecule is CC(C)COC(=O)CC(C)c1ccccc1F. The second kappa shape index (κ2) is 6.38. The van der Waals surface area contributed by atoms with Gasteiger partial charge in [0.2, 0.25) is 0 Å². The molecule has 3 heteroatoms. The topological polar surface area (TPSA) is 26.3 Å². The van der Waals surface area contributed by atoms with E-state index in [1.807, 2.05) is 20.8 Å². The Morgan fingerprint density at radius 2 is 1.94 bits per heavy atom. The number of hydrogen-bond donors (Lipinski definition) is 0. The molecule has 0 aliphatic rings. The lowest BCUT2D eigenvalue weighted by Gasteiger charge is -2.13. The number of rotatable bonds is 5. The fraction of sp³-hybridized carbons (Fsp3) is 0.500. The van der Waals surface area contributed by atoms with E-state index < -0.39 is 0 Å². The Morgan fingerprint density at radius 3 is 2.53 bits per heavy atom. The van der Waals surface area contributed by atoms with Gasteiger partial charge in [0, 0.05) is 0 Å². The van der Waals surface area contributed by atoms with Gasteiger partial charge >= 0.3 is 5.97 Å². The van der Waals surface area contributed by atoms with Crippen LogP contribution < -0.4 is 0 Å². The van der Waals surface area contributed by atoms with Crippen molar-refractivity contribution in [3.63, 3.8) is 0 Å². The van der Waals surface area contributed by atoms with Crippen LogP contribution in [0.4, 0.5) is 4.39 Å². The van der Waals surface area contributed by atoms with Crippen molar-refractivity contribution in [1.82, 2.24) is 0 Å². The van der Waals surface area contributed by atoms with Crippen LogP contribution in [-0.2, 0) is 9.53 Å². The standard InChI is InChI=1S/C14H19FO2/c1-10(2)9-17-14(16)8-11(3)12-6-4-5-7-13(12)15/h4-7,10-11H,8-9H2,1-3H3. The molecule has 1 rings (SSSR count). The molecule has 0 spiro atoms. The Kier molecular flexibility index (Phi) is 5.13. The number of ether oxygens (including phenoxy) is 1. The smallest absolute Gasteiger partial charge is 0.306 e. The molecule has 0 saturated heterocycles. The molecule has 0 radical (unpaired) electrons. The molecule has 0 aliphatic carbocycles. The van der Waals surface area contributed by atoms with E-state index in [0.29, 0.717) is 18.1 Å². The maximum atomic E-state index is 13.5. The van der Waals surface area contributed by atoms with E-state index in [2.05, 4.69) is 0 Å². The summed E-state index contributed by atoms with van der Waals surface area (Å²) in [6, 6.07) is 6.53. The molecule has 0 heterocycles. The lowest BCUT2D eigenvalue weighted by molar-refractivity contribution is -0.145. The van der Waals surface area contributed by atoms with E-state index in [1.54, 1.807) is 18.2 Å². The first kappa shape index (κ1) is 13.7. The molecule has 0 saturated carbocycles. The van der Waals surface area contributed by atoms with Crippen molar-refractivity contribution < 1.29 is 13.9 Å². The van der Waals surface area contributed by atoms with Crippen LogP contribution in [-0.4, -0.2) is 12.6 Å². The monoisotopic (exact) mass is 238 g/mol. The molecule has 0 bridgehead atoms.